The van der Waals surface area contributed by atoms with Crippen LogP contribution in [0.5, 0.6) is 0 Å². The van der Waals surface area contributed by atoms with Gasteiger partial charge in [-0.1, -0.05) is 20.4 Å². The molecule has 4 unspecified atom stereocenters. The highest BCUT2D eigenvalue weighted by atomic mass is 15.4. The van der Waals surface area contributed by atoms with Gasteiger partial charge in [0.2, 0.25) is 0 Å². The van der Waals surface area contributed by atoms with Gasteiger partial charge in [-0.3, -0.25) is 14.8 Å². The summed E-state index contributed by atoms with van der Waals surface area (Å²) in [6.07, 6.45) is 5.14. The van der Waals surface area contributed by atoms with Gasteiger partial charge in [-0.25, -0.2) is 0 Å². The summed E-state index contributed by atoms with van der Waals surface area (Å²) in [6, 6.07) is 1.52. The summed E-state index contributed by atoms with van der Waals surface area (Å²) in [5, 5.41) is 0. The fourth-order valence-electron chi connectivity index (χ4n) is 6.26. The summed E-state index contributed by atoms with van der Waals surface area (Å²) < 4.78 is 0. The highest BCUT2D eigenvalue weighted by molar-refractivity contribution is 5.99. The van der Waals surface area contributed by atoms with Crippen LogP contribution in [0.4, 0.5) is 0 Å². The summed E-state index contributed by atoms with van der Waals surface area (Å²) in [7, 11) is 0. The van der Waals surface area contributed by atoms with Gasteiger partial charge in [0.25, 0.3) is 0 Å². The van der Waals surface area contributed by atoms with Gasteiger partial charge in [-0.05, 0) is 71.0 Å². The maximum Gasteiger partial charge on any atom is 0.0631 e. The Morgan fingerprint density at radius 2 is 1.85 bits per heavy atom. The molecule has 2 bridgehead atoms. The predicted octanol–water partition coefficient (Wildman–Crippen LogP) is 3.91. The minimum atomic E-state index is 0.142. The molecule has 5 rings (SSSR count). The SMILES string of the molecule is C=C(/N=C(C)\C(C)=C(/C)N1CC2CC(C1)N2CC)C12CCCN1CC(C)C2. The van der Waals surface area contributed by atoms with Crippen molar-refractivity contribution < 1.29 is 0 Å². The van der Waals surface area contributed by atoms with E-state index in [0.29, 0.717) is 0 Å². The van der Waals surface area contributed by atoms with E-state index in [4.69, 9.17) is 4.99 Å². The molecule has 5 aliphatic rings. The number of hydrogen-bond donors (Lipinski definition) is 0. The molecule has 0 aromatic rings. The number of nitrogens with zero attached hydrogens (tertiary/aromatic N) is 4. The van der Waals surface area contributed by atoms with Crippen molar-refractivity contribution in [2.45, 2.75) is 77.9 Å². The molecule has 4 heteroatoms. The molecular weight excluding hydrogens is 332 g/mol. The molecule has 0 radical (unpaired) electrons. The first kappa shape index (κ1) is 19.2. The third-order valence-electron chi connectivity index (χ3n) is 7.95. The molecule has 5 saturated heterocycles. The quantitative estimate of drug-likeness (QED) is 0.685. The Morgan fingerprint density at radius 1 is 1.15 bits per heavy atom. The standard InChI is InChI=1S/C23H38N4/c1-7-27-21-11-22(27)15-25(14-21)19(5)17(3)18(4)24-20(6)23-9-8-10-26(23)13-16(2)12-23/h16,21-22H,6-15H2,1-5H3/b19-17+,24-18-. The third-order valence-corrected chi connectivity index (χ3v) is 7.95. The van der Waals surface area contributed by atoms with Crippen LogP contribution in [0.25, 0.3) is 0 Å². The van der Waals surface area contributed by atoms with Crippen LogP contribution in [0.1, 0.15) is 60.3 Å². The minimum Gasteiger partial charge on any atom is -0.372 e. The fourth-order valence-corrected chi connectivity index (χ4v) is 6.26. The number of rotatable bonds is 5. The average Bonchev–Trinajstić information content (AvgIpc) is 3.17. The Bertz CT molecular complexity index is 666. The second-order valence-corrected chi connectivity index (χ2v) is 9.52. The molecule has 5 heterocycles. The van der Waals surface area contributed by atoms with Gasteiger partial charge in [-0.15, -0.1) is 0 Å². The predicted molar refractivity (Wildman–Crippen MR) is 114 cm³/mol. The molecule has 5 aliphatic heterocycles. The second-order valence-electron chi connectivity index (χ2n) is 9.52. The molecule has 0 amide bonds. The van der Waals surface area contributed by atoms with Gasteiger partial charge in [0.15, 0.2) is 0 Å². The maximum absolute atomic E-state index is 5.09. The van der Waals surface area contributed by atoms with E-state index in [2.05, 4.69) is 55.9 Å². The van der Waals surface area contributed by atoms with Gasteiger partial charge in [0.1, 0.15) is 0 Å². The molecule has 150 valence electrons. The molecule has 27 heavy (non-hydrogen) atoms. The average molecular weight is 371 g/mol. The van der Waals surface area contributed by atoms with Crippen LogP contribution < -0.4 is 0 Å². The Hall–Kier alpha value is -1.13. The lowest BCUT2D eigenvalue weighted by Crippen LogP contribution is -2.68. The van der Waals surface area contributed by atoms with Gasteiger partial charge in [0.05, 0.1) is 11.2 Å². The van der Waals surface area contributed by atoms with E-state index < -0.39 is 0 Å². The number of aliphatic imine (C=N–C) groups is 1. The van der Waals surface area contributed by atoms with Crippen molar-refractivity contribution in [3.05, 3.63) is 23.5 Å². The fraction of sp³-hybridized carbons (Fsp3) is 0.783. The molecular formula is C23H38N4. The first-order valence-electron chi connectivity index (χ1n) is 11.0. The molecule has 4 nitrogen and oxygen atoms in total. The lowest BCUT2D eigenvalue weighted by Gasteiger charge is -2.57. The van der Waals surface area contributed by atoms with Gasteiger partial charge in [0, 0.05) is 43.1 Å². The van der Waals surface area contributed by atoms with Crippen molar-refractivity contribution in [1.29, 1.82) is 0 Å². The Morgan fingerprint density at radius 3 is 2.52 bits per heavy atom. The molecule has 0 N–H and O–H groups in total. The van der Waals surface area contributed by atoms with Gasteiger partial charge in [-0.2, -0.15) is 0 Å². The smallest absolute Gasteiger partial charge is 0.0631 e. The van der Waals surface area contributed by atoms with E-state index in [1.807, 2.05) is 0 Å². The number of likely N-dealkylation sites (N-methyl/N-ethyl adjacent to an activating group) is 1. The van der Waals surface area contributed by atoms with Crippen molar-refractivity contribution >= 4 is 5.71 Å². The van der Waals surface area contributed by atoms with E-state index in [-0.39, 0.29) is 5.54 Å². The topological polar surface area (TPSA) is 22.1 Å². The summed E-state index contributed by atoms with van der Waals surface area (Å²) in [5.74, 6) is 0.762. The molecule has 5 fully saturated rings. The summed E-state index contributed by atoms with van der Waals surface area (Å²) >= 11 is 0. The first-order valence-corrected chi connectivity index (χ1v) is 11.0. The number of allylic oxidation sites excluding steroid dienone is 2. The zero-order valence-corrected chi connectivity index (χ0v) is 18.1. The van der Waals surface area contributed by atoms with E-state index in [1.54, 1.807) is 0 Å². The van der Waals surface area contributed by atoms with Crippen molar-refractivity contribution in [2.75, 3.05) is 32.7 Å². The number of hydrogen-bond acceptors (Lipinski definition) is 4. The highest BCUT2D eigenvalue weighted by Crippen LogP contribution is 2.46. The lowest BCUT2D eigenvalue weighted by atomic mass is 9.87. The van der Waals surface area contributed by atoms with Crippen LogP contribution >= 0.6 is 0 Å². The summed E-state index contributed by atoms with van der Waals surface area (Å²) in [6.45, 7) is 21.8. The number of fused-ring (bicyclic) bond motifs is 3. The molecule has 0 spiro atoms. The van der Waals surface area contributed by atoms with E-state index in [9.17, 15) is 0 Å². The highest BCUT2D eigenvalue weighted by Gasteiger charge is 2.49. The van der Waals surface area contributed by atoms with Crippen molar-refractivity contribution in [1.82, 2.24) is 14.7 Å². The maximum atomic E-state index is 5.09. The minimum absolute atomic E-state index is 0.142. The van der Waals surface area contributed by atoms with E-state index in [0.717, 1.165) is 29.4 Å². The molecule has 0 saturated carbocycles. The van der Waals surface area contributed by atoms with Crippen LogP contribution in [-0.2, 0) is 0 Å². The third kappa shape index (κ3) is 3.09. The van der Waals surface area contributed by atoms with Crippen LogP contribution in [-0.4, -0.2) is 70.8 Å². The second kappa shape index (κ2) is 7.04. The van der Waals surface area contributed by atoms with Crippen LogP contribution in [0.3, 0.4) is 0 Å². The van der Waals surface area contributed by atoms with Gasteiger partial charge >= 0.3 is 0 Å². The van der Waals surface area contributed by atoms with Crippen molar-refractivity contribution in [3.63, 3.8) is 0 Å². The molecule has 0 aromatic heterocycles. The Labute approximate surface area is 166 Å². The number of piperidine rings is 1. The molecule has 0 aliphatic carbocycles. The van der Waals surface area contributed by atoms with Crippen molar-refractivity contribution in [3.8, 4) is 0 Å². The lowest BCUT2D eigenvalue weighted by molar-refractivity contribution is -0.0541. The summed E-state index contributed by atoms with van der Waals surface area (Å²) in [5.41, 5.74) is 5.16. The normalized spacial score (nSPS) is 37.9. The zero-order chi connectivity index (χ0) is 19.3. The van der Waals surface area contributed by atoms with Crippen molar-refractivity contribution in [2.24, 2.45) is 10.9 Å². The number of piperazine rings is 1. The largest absolute Gasteiger partial charge is 0.372 e. The van der Waals surface area contributed by atoms with E-state index in [1.165, 1.54) is 69.7 Å². The Kier molecular flexibility index (Phi) is 5.00. The summed E-state index contributed by atoms with van der Waals surface area (Å²) in [4.78, 5) is 13.0. The first-order chi connectivity index (χ1) is 12.9. The van der Waals surface area contributed by atoms with Gasteiger partial charge < -0.3 is 4.90 Å². The Balaban J connectivity index is 1.49. The molecule has 0 aromatic carbocycles. The van der Waals surface area contributed by atoms with E-state index >= 15 is 0 Å². The monoisotopic (exact) mass is 370 g/mol. The van der Waals surface area contributed by atoms with Crippen LogP contribution in [0, 0.1) is 5.92 Å². The van der Waals surface area contributed by atoms with Crippen LogP contribution in [0.15, 0.2) is 28.5 Å². The van der Waals surface area contributed by atoms with Crippen LogP contribution in [0.2, 0.25) is 0 Å². The zero-order valence-electron chi connectivity index (χ0n) is 18.1. The molecule has 4 atom stereocenters.